The smallest absolute Gasteiger partial charge is 0.346 e. The molecule has 5 heterocycles. The molecule has 0 saturated carbocycles. The SMILES string of the molecule is Cc1c(C(=O)O)sc2nc(CN3CC=C(c4cccc(OCc5ccc(Cl)cc5F)n4)CC3)n(C[C@@H]3CCO3)c12. The lowest BCUT2D eigenvalue weighted by Crippen LogP contribution is -2.33. The van der Waals surface area contributed by atoms with Crippen LogP contribution in [0.3, 0.4) is 0 Å². The minimum Gasteiger partial charge on any atom is -0.477 e. The number of hydrogen-bond donors (Lipinski definition) is 1. The van der Waals surface area contributed by atoms with Gasteiger partial charge < -0.3 is 19.1 Å². The topological polar surface area (TPSA) is 89.7 Å². The molecule has 0 aliphatic carbocycles. The number of aromatic carboxylic acids is 1. The molecule has 1 fully saturated rings. The summed E-state index contributed by atoms with van der Waals surface area (Å²) >= 11 is 7.07. The van der Waals surface area contributed by atoms with Gasteiger partial charge in [-0.3, -0.25) is 4.90 Å². The predicted octanol–water partition coefficient (Wildman–Crippen LogP) is 5.95. The van der Waals surface area contributed by atoms with Crippen LogP contribution < -0.4 is 4.74 Å². The van der Waals surface area contributed by atoms with E-state index in [0.717, 1.165) is 65.5 Å². The molecule has 1 atom stereocenters. The van der Waals surface area contributed by atoms with Crippen LogP contribution >= 0.6 is 22.9 Å². The molecule has 1 saturated heterocycles. The Hall–Kier alpha value is -3.31. The second-order valence-corrected chi connectivity index (χ2v) is 11.5. The number of fused-ring (bicyclic) bond motifs is 1. The summed E-state index contributed by atoms with van der Waals surface area (Å²) in [7, 11) is 0. The number of benzene rings is 1. The molecule has 0 spiro atoms. The normalized spacial score (nSPS) is 17.6. The Kier molecular flexibility index (Phi) is 7.59. The van der Waals surface area contributed by atoms with E-state index in [9.17, 15) is 14.3 Å². The Bertz CT molecular complexity index is 1610. The Labute approximate surface area is 239 Å². The Morgan fingerprint density at radius 3 is 2.85 bits per heavy atom. The molecule has 40 heavy (non-hydrogen) atoms. The molecule has 1 aromatic carbocycles. The second kappa shape index (κ2) is 11.3. The number of carboxylic acids is 1. The van der Waals surface area contributed by atoms with E-state index in [1.807, 2.05) is 19.1 Å². The van der Waals surface area contributed by atoms with Gasteiger partial charge in [-0.15, -0.1) is 11.3 Å². The van der Waals surface area contributed by atoms with Gasteiger partial charge in [-0.25, -0.2) is 19.2 Å². The van der Waals surface area contributed by atoms with E-state index >= 15 is 0 Å². The van der Waals surface area contributed by atoms with Gasteiger partial charge in [0.15, 0.2) is 0 Å². The summed E-state index contributed by atoms with van der Waals surface area (Å²) in [5.41, 5.74) is 4.06. The average Bonchev–Trinajstić information content (AvgIpc) is 3.42. The highest BCUT2D eigenvalue weighted by Crippen LogP contribution is 2.33. The molecule has 0 bridgehead atoms. The zero-order valence-corrected chi connectivity index (χ0v) is 23.5. The molecule has 0 amide bonds. The van der Waals surface area contributed by atoms with Crippen molar-refractivity contribution >= 4 is 44.8 Å². The van der Waals surface area contributed by atoms with E-state index in [1.54, 1.807) is 18.2 Å². The molecular weight excluding hydrogens is 555 g/mol. The molecule has 2 aliphatic rings. The van der Waals surface area contributed by atoms with Gasteiger partial charge in [0.05, 0.1) is 30.4 Å². The summed E-state index contributed by atoms with van der Waals surface area (Å²) in [4.78, 5) is 24.6. The molecule has 8 nitrogen and oxygen atoms in total. The van der Waals surface area contributed by atoms with Crippen molar-refractivity contribution in [2.75, 3.05) is 19.7 Å². The van der Waals surface area contributed by atoms with Crippen molar-refractivity contribution in [3.05, 3.63) is 80.8 Å². The van der Waals surface area contributed by atoms with Crippen molar-refractivity contribution in [3.63, 3.8) is 0 Å². The fourth-order valence-electron chi connectivity index (χ4n) is 5.10. The molecule has 1 N–H and O–H groups in total. The van der Waals surface area contributed by atoms with E-state index in [2.05, 4.69) is 20.5 Å². The van der Waals surface area contributed by atoms with Crippen molar-refractivity contribution in [2.45, 2.75) is 45.6 Å². The number of carbonyl (C=O) groups is 1. The van der Waals surface area contributed by atoms with E-state index in [4.69, 9.17) is 26.1 Å². The molecule has 208 valence electrons. The summed E-state index contributed by atoms with van der Waals surface area (Å²) in [5, 5.41) is 9.93. The molecule has 6 rings (SSSR count). The third-order valence-corrected chi connectivity index (χ3v) is 8.78. The number of aryl methyl sites for hydroxylation is 1. The highest BCUT2D eigenvalue weighted by atomic mass is 35.5. The van der Waals surface area contributed by atoms with Crippen LogP contribution in [0.5, 0.6) is 5.88 Å². The van der Waals surface area contributed by atoms with Crippen molar-refractivity contribution in [1.29, 1.82) is 0 Å². The number of pyridine rings is 1. The first-order valence-corrected chi connectivity index (χ1v) is 14.3. The average molecular weight is 583 g/mol. The van der Waals surface area contributed by atoms with E-state index in [-0.39, 0.29) is 12.7 Å². The minimum atomic E-state index is -0.914. The van der Waals surface area contributed by atoms with Crippen LogP contribution in [-0.4, -0.2) is 56.3 Å². The zero-order chi connectivity index (χ0) is 27.8. The summed E-state index contributed by atoms with van der Waals surface area (Å²) in [6.45, 7) is 5.58. The predicted molar refractivity (Wildman–Crippen MR) is 152 cm³/mol. The van der Waals surface area contributed by atoms with Gasteiger partial charge in [0.25, 0.3) is 0 Å². The van der Waals surface area contributed by atoms with Gasteiger partial charge in [0.1, 0.15) is 28.0 Å². The third-order valence-electron chi connectivity index (χ3n) is 7.38. The van der Waals surface area contributed by atoms with E-state index in [0.29, 0.717) is 34.4 Å². The molecule has 2 aliphatic heterocycles. The minimum absolute atomic E-state index is 0.0652. The maximum atomic E-state index is 14.1. The quantitative estimate of drug-likeness (QED) is 0.261. The number of carboxylic acid groups (broad SMARTS) is 1. The van der Waals surface area contributed by atoms with Crippen molar-refractivity contribution in [1.82, 2.24) is 19.4 Å². The molecule has 0 radical (unpaired) electrons. The standard InChI is InChI=1S/C29H28ClFN4O4S/c1-17-26-28(40-27(17)29(36)37)33-24(35(26)14-21-9-12-38-21)15-34-10-7-18(8-11-34)23-3-2-4-25(32-23)39-16-19-5-6-20(30)13-22(19)31/h2-7,13,21H,8-12,14-16H2,1H3,(H,36,37)/t21-/m0/s1. The Morgan fingerprint density at radius 1 is 1.30 bits per heavy atom. The third kappa shape index (κ3) is 5.49. The Balaban J connectivity index is 1.15. The van der Waals surface area contributed by atoms with Gasteiger partial charge in [-0.05, 0) is 43.5 Å². The maximum Gasteiger partial charge on any atom is 0.346 e. The number of aromatic nitrogens is 3. The lowest BCUT2D eigenvalue weighted by atomic mass is 10.0. The number of nitrogens with zero attached hydrogens (tertiary/aromatic N) is 4. The lowest BCUT2D eigenvalue weighted by molar-refractivity contribution is -0.0592. The largest absolute Gasteiger partial charge is 0.477 e. The van der Waals surface area contributed by atoms with Crippen LogP contribution in [0.1, 0.15) is 45.2 Å². The maximum absolute atomic E-state index is 14.1. The van der Waals surface area contributed by atoms with Gasteiger partial charge >= 0.3 is 5.97 Å². The number of rotatable bonds is 9. The van der Waals surface area contributed by atoms with E-state index < -0.39 is 11.8 Å². The Morgan fingerprint density at radius 2 is 2.15 bits per heavy atom. The summed E-state index contributed by atoms with van der Waals surface area (Å²) in [6.07, 6.45) is 4.11. The van der Waals surface area contributed by atoms with Crippen LogP contribution in [-0.2, 0) is 24.4 Å². The van der Waals surface area contributed by atoms with Crippen molar-refractivity contribution in [2.24, 2.45) is 0 Å². The first-order valence-electron chi connectivity index (χ1n) is 13.1. The van der Waals surface area contributed by atoms with Gasteiger partial charge in [-0.1, -0.05) is 29.8 Å². The van der Waals surface area contributed by atoms with Crippen LogP contribution in [0.4, 0.5) is 4.39 Å². The van der Waals surface area contributed by atoms with Crippen LogP contribution in [0.15, 0.2) is 42.5 Å². The second-order valence-electron chi connectivity index (χ2n) is 10.0. The summed E-state index contributed by atoms with van der Waals surface area (Å²) < 4.78 is 27.7. The van der Waals surface area contributed by atoms with Gasteiger partial charge in [-0.2, -0.15) is 0 Å². The molecule has 3 aromatic heterocycles. The monoisotopic (exact) mass is 582 g/mol. The number of hydrogen-bond acceptors (Lipinski definition) is 7. The number of halogens is 2. The molecular formula is C29H28ClFN4O4S. The highest BCUT2D eigenvalue weighted by molar-refractivity contribution is 7.20. The number of imidazole rings is 1. The van der Waals surface area contributed by atoms with Crippen molar-refractivity contribution < 1.29 is 23.8 Å². The fourth-order valence-corrected chi connectivity index (χ4v) is 6.30. The van der Waals surface area contributed by atoms with Crippen LogP contribution in [0.2, 0.25) is 5.02 Å². The first kappa shape index (κ1) is 26.9. The lowest BCUT2D eigenvalue weighted by Gasteiger charge is -2.29. The van der Waals surface area contributed by atoms with Crippen LogP contribution in [0, 0.1) is 12.7 Å². The summed E-state index contributed by atoms with van der Waals surface area (Å²) in [5.74, 6) is 0.0440. The molecule has 0 unspecified atom stereocenters. The summed E-state index contributed by atoms with van der Waals surface area (Å²) in [6, 6.07) is 10.1. The molecule has 4 aromatic rings. The molecule has 11 heteroatoms. The van der Waals surface area contributed by atoms with Crippen molar-refractivity contribution in [3.8, 4) is 5.88 Å². The zero-order valence-electron chi connectivity index (χ0n) is 21.9. The first-order chi connectivity index (χ1) is 19.4. The number of ether oxygens (including phenoxy) is 2. The van der Waals surface area contributed by atoms with Crippen LogP contribution in [0.25, 0.3) is 15.9 Å². The van der Waals surface area contributed by atoms with Gasteiger partial charge in [0, 0.05) is 41.9 Å². The van der Waals surface area contributed by atoms with E-state index in [1.165, 1.54) is 17.4 Å². The number of thiophene rings is 1. The highest BCUT2D eigenvalue weighted by Gasteiger charge is 2.27. The van der Waals surface area contributed by atoms with Gasteiger partial charge in [0.2, 0.25) is 5.88 Å². The fraction of sp³-hybridized carbons (Fsp3) is 0.345.